The number of hydrogen-bond acceptors (Lipinski definition) is 3. The molecule has 1 aromatic rings. The summed E-state index contributed by atoms with van der Waals surface area (Å²) in [5.74, 6) is 0.994. The molecule has 0 spiro atoms. The first-order valence-corrected chi connectivity index (χ1v) is 6.15. The van der Waals surface area contributed by atoms with Crippen LogP contribution in [-0.2, 0) is 4.74 Å². The Hall–Kier alpha value is -1.06. The van der Waals surface area contributed by atoms with Gasteiger partial charge in [0.25, 0.3) is 0 Å². The SMILES string of the molecule is CC.CN.Cc1ccc(C)c(OC2COC2)c1.[HH]. The van der Waals surface area contributed by atoms with Gasteiger partial charge >= 0.3 is 0 Å². The summed E-state index contributed by atoms with van der Waals surface area (Å²) in [5.41, 5.74) is 6.93. The largest absolute Gasteiger partial charge is 0.485 e. The molecule has 0 saturated carbocycles. The number of hydrogen-bond donors (Lipinski definition) is 1. The highest BCUT2D eigenvalue weighted by molar-refractivity contribution is 5.36. The molecule has 100 valence electrons. The van der Waals surface area contributed by atoms with Crippen LogP contribution in [0.4, 0.5) is 0 Å². The maximum atomic E-state index is 5.74. The van der Waals surface area contributed by atoms with Crippen molar-refractivity contribution >= 4 is 0 Å². The fraction of sp³-hybridized carbons (Fsp3) is 0.571. The van der Waals surface area contributed by atoms with Crippen LogP contribution in [0, 0.1) is 13.8 Å². The number of nitrogens with two attached hydrogens (primary N) is 1. The Balaban J connectivity index is 0. The first-order valence-electron chi connectivity index (χ1n) is 6.15. The number of rotatable bonds is 2. The van der Waals surface area contributed by atoms with E-state index in [9.17, 15) is 0 Å². The molecule has 17 heavy (non-hydrogen) atoms. The summed E-state index contributed by atoms with van der Waals surface area (Å²) >= 11 is 0. The zero-order valence-corrected chi connectivity index (χ0v) is 11.6. The maximum Gasteiger partial charge on any atom is 0.145 e. The predicted molar refractivity (Wildman–Crippen MR) is 74.7 cm³/mol. The highest BCUT2D eigenvalue weighted by Gasteiger charge is 2.20. The van der Waals surface area contributed by atoms with Crippen molar-refractivity contribution in [2.75, 3.05) is 20.3 Å². The van der Waals surface area contributed by atoms with E-state index < -0.39 is 0 Å². The van der Waals surface area contributed by atoms with Gasteiger partial charge in [0.15, 0.2) is 0 Å². The average molecular weight is 241 g/mol. The Kier molecular flexibility index (Phi) is 8.46. The first kappa shape index (κ1) is 15.9. The Labute approximate surface area is 106 Å². The van der Waals surface area contributed by atoms with Crippen LogP contribution in [0.25, 0.3) is 0 Å². The van der Waals surface area contributed by atoms with Crippen LogP contribution in [-0.4, -0.2) is 26.4 Å². The fourth-order valence-electron chi connectivity index (χ4n) is 1.30. The van der Waals surface area contributed by atoms with Crippen molar-refractivity contribution < 1.29 is 10.9 Å². The monoisotopic (exact) mass is 241 g/mol. The number of ether oxygens (including phenoxy) is 2. The minimum Gasteiger partial charge on any atom is -0.485 e. The third-order valence-corrected chi connectivity index (χ3v) is 2.24. The van der Waals surface area contributed by atoms with Crippen LogP contribution in [0.2, 0.25) is 0 Å². The summed E-state index contributed by atoms with van der Waals surface area (Å²) in [6, 6.07) is 6.26. The lowest BCUT2D eigenvalue weighted by Gasteiger charge is -2.27. The quantitative estimate of drug-likeness (QED) is 0.866. The standard InChI is InChI=1S/C11H14O2.C2H6.CH5N.H2/c1-8-3-4-9(2)11(5-8)13-10-6-12-7-10;2*1-2;/h3-5,10H,6-7H2,1-2H3;1-2H3;2H2,1H3;1H. The van der Waals surface area contributed by atoms with E-state index in [1.165, 1.54) is 18.2 Å². The van der Waals surface area contributed by atoms with Crippen LogP contribution in [0.5, 0.6) is 5.75 Å². The molecule has 0 atom stereocenters. The van der Waals surface area contributed by atoms with Gasteiger partial charge in [-0.3, -0.25) is 0 Å². The molecule has 1 heterocycles. The van der Waals surface area contributed by atoms with Crippen molar-refractivity contribution in [2.45, 2.75) is 33.8 Å². The molecule has 1 aromatic carbocycles. The van der Waals surface area contributed by atoms with Gasteiger partial charge < -0.3 is 15.2 Å². The van der Waals surface area contributed by atoms with Crippen LogP contribution >= 0.6 is 0 Å². The summed E-state index contributed by atoms with van der Waals surface area (Å²) in [5, 5.41) is 0. The molecule has 1 saturated heterocycles. The second-order valence-electron chi connectivity index (χ2n) is 3.55. The lowest BCUT2D eigenvalue weighted by molar-refractivity contribution is -0.0799. The summed E-state index contributed by atoms with van der Waals surface area (Å²) < 4.78 is 10.8. The third kappa shape index (κ3) is 5.20. The van der Waals surface area contributed by atoms with Crippen molar-refractivity contribution in [1.29, 1.82) is 0 Å². The lowest BCUT2D eigenvalue weighted by Crippen LogP contribution is -2.38. The van der Waals surface area contributed by atoms with Crippen molar-refractivity contribution in [2.24, 2.45) is 5.73 Å². The van der Waals surface area contributed by atoms with Crippen LogP contribution in [0.15, 0.2) is 18.2 Å². The second-order valence-corrected chi connectivity index (χ2v) is 3.55. The number of benzene rings is 1. The van der Waals surface area contributed by atoms with Gasteiger partial charge in [-0.1, -0.05) is 26.0 Å². The van der Waals surface area contributed by atoms with Gasteiger partial charge in [-0.15, -0.1) is 0 Å². The molecule has 0 aromatic heterocycles. The minimum absolute atomic E-state index is 0. The normalized spacial score (nSPS) is 13.5. The molecule has 1 fully saturated rings. The van der Waals surface area contributed by atoms with Gasteiger partial charge in [-0.25, -0.2) is 0 Å². The van der Waals surface area contributed by atoms with Gasteiger partial charge in [0.2, 0.25) is 0 Å². The van der Waals surface area contributed by atoms with Gasteiger partial charge in [0, 0.05) is 1.43 Å². The fourth-order valence-corrected chi connectivity index (χ4v) is 1.30. The molecule has 2 rings (SSSR count). The highest BCUT2D eigenvalue weighted by atomic mass is 16.6. The van der Waals surface area contributed by atoms with Crippen molar-refractivity contribution in [3.05, 3.63) is 29.3 Å². The average Bonchev–Trinajstić information content (AvgIpc) is 2.33. The molecule has 2 N–H and O–H groups in total. The Morgan fingerprint density at radius 2 is 1.82 bits per heavy atom. The van der Waals surface area contributed by atoms with Gasteiger partial charge in [0.1, 0.15) is 11.9 Å². The van der Waals surface area contributed by atoms with Crippen molar-refractivity contribution in [3.63, 3.8) is 0 Å². The van der Waals surface area contributed by atoms with E-state index in [1.807, 2.05) is 13.8 Å². The van der Waals surface area contributed by atoms with Crippen LogP contribution in [0.1, 0.15) is 26.4 Å². The molecule has 3 nitrogen and oxygen atoms in total. The summed E-state index contributed by atoms with van der Waals surface area (Å²) in [6.07, 6.45) is 0.264. The second kappa shape index (κ2) is 9.02. The van der Waals surface area contributed by atoms with E-state index in [1.54, 1.807) is 0 Å². The Morgan fingerprint density at radius 1 is 1.24 bits per heavy atom. The van der Waals surface area contributed by atoms with E-state index in [-0.39, 0.29) is 7.53 Å². The van der Waals surface area contributed by atoms with Crippen molar-refractivity contribution in [1.82, 2.24) is 0 Å². The van der Waals surface area contributed by atoms with Gasteiger partial charge in [-0.2, -0.15) is 0 Å². The zero-order chi connectivity index (χ0) is 13.3. The van der Waals surface area contributed by atoms with E-state index in [4.69, 9.17) is 9.47 Å². The maximum absolute atomic E-state index is 5.74. The summed E-state index contributed by atoms with van der Waals surface area (Å²) in [6.45, 7) is 9.60. The molecule has 0 aliphatic carbocycles. The van der Waals surface area contributed by atoms with E-state index in [0.717, 1.165) is 19.0 Å². The molecule has 0 unspecified atom stereocenters. The first-order chi connectivity index (χ1) is 8.25. The predicted octanol–water partition coefficient (Wildman–Crippen LogP) is 2.93. The molecule has 0 bridgehead atoms. The topological polar surface area (TPSA) is 44.5 Å². The molecule has 1 aliphatic rings. The molecule has 0 amide bonds. The van der Waals surface area contributed by atoms with Crippen molar-refractivity contribution in [3.8, 4) is 5.75 Å². The molecule has 0 radical (unpaired) electrons. The minimum atomic E-state index is 0. The van der Waals surface area contributed by atoms with E-state index in [2.05, 4.69) is 37.8 Å². The molecule has 3 heteroatoms. The molecular formula is C14H27NO2. The molecule has 1 aliphatic heterocycles. The summed E-state index contributed by atoms with van der Waals surface area (Å²) in [7, 11) is 1.50. The smallest absolute Gasteiger partial charge is 0.145 e. The summed E-state index contributed by atoms with van der Waals surface area (Å²) in [4.78, 5) is 0. The Morgan fingerprint density at radius 3 is 2.29 bits per heavy atom. The third-order valence-electron chi connectivity index (χ3n) is 2.24. The van der Waals surface area contributed by atoms with Crippen LogP contribution in [0.3, 0.4) is 0 Å². The van der Waals surface area contributed by atoms with Crippen LogP contribution < -0.4 is 10.5 Å². The molecular weight excluding hydrogens is 214 g/mol. The zero-order valence-electron chi connectivity index (χ0n) is 11.6. The van der Waals surface area contributed by atoms with E-state index >= 15 is 0 Å². The Bertz CT molecular complexity index is 315. The highest BCUT2D eigenvalue weighted by Crippen LogP contribution is 2.22. The van der Waals surface area contributed by atoms with Gasteiger partial charge in [-0.05, 0) is 38.1 Å². The van der Waals surface area contributed by atoms with E-state index in [0.29, 0.717) is 0 Å². The van der Waals surface area contributed by atoms with Gasteiger partial charge in [0.05, 0.1) is 13.2 Å². The number of aryl methyl sites for hydroxylation is 2. The lowest BCUT2D eigenvalue weighted by atomic mass is 10.1.